The summed E-state index contributed by atoms with van der Waals surface area (Å²) in [6.45, 7) is 5.79. The molecule has 2 saturated heterocycles. The number of aryl methyl sites for hydroxylation is 2. The van der Waals surface area contributed by atoms with Gasteiger partial charge in [0.2, 0.25) is 23.7 Å². The van der Waals surface area contributed by atoms with Crippen molar-refractivity contribution in [3.05, 3.63) is 77.1 Å². The highest BCUT2D eigenvalue weighted by Crippen LogP contribution is 2.45. The van der Waals surface area contributed by atoms with E-state index in [0.29, 0.717) is 79.1 Å². The highest BCUT2D eigenvalue weighted by Gasteiger charge is 2.41. The number of aliphatic imine (C=N–C) groups is 1. The number of guanidine groups is 1. The molecule has 2 aromatic carbocycles. The number of carbonyl (C=O) groups excluding carboxylic acids is 3. The van der Waals surface area contributed by atoms with Crippen molar-refractivity contribution in [2.24, 2.45) is 23.9 Å². The number of hydrogen-bond donors (Lipinski definition) is 4. The number of piperidine rings is 2. The largest absolute Gasteiger partial charge is 0.477 e. The summed E-state index contributed by atoms with van der Waals surface area (Å²) in [5.41, 5.74) is 5.47. The molecule has 4 aromatic rings. The van der Waals surface area contributed by atoms with Crippen LogP contribution < -0.4 is 35.8 Å². The van der Waals surface area contributed by atoms with Crippen molar-refractivity contribution in [2.75, 3.05) is 59.8 Å². The van der Waals surface area contributed by atoms with Gasteiger partial charge < -0.3 is 30.5 Å². The van der Waals surface area contributed by atoms with Crippen LogP contribution in [-0.4, -0.2) is 83.8 Å². The van der Waals surface area contributed by atoms with Gasteiger partial charge in [0, 0.05) is 80.4 Å². The Morgan fingerprint density at radius 3 is 2.55 bits per heavy atom. The summed E-state index contributed by atoms with van der Waals surface area (Å²) in [6, 6.07) is 12.5. The molecule has 0 spiro atoms. The Kier molecular flexibility index (Phi) is 10.0. The second kappa shape index (κ2) is 15.5. The van der Waals surface area contributed by atoms with E-state index >= 15 is 8.78 Å². The molecule has 4 N–H and O–H groups in total. The molecule has 4 aliphatic heterocycles. The molecule has 3 atom stereocenters. The Labute approximate surface area is 334 Å². The first-order chi connectivity index (χ1) is 28.1. The molecule has 14 nitrogen and oxygen atoms in total. The number of amides is 3. The first-order valence-corrected chi connectivity index (χ1v) is 20.1. The van der Waals surface area contributed by atoms with Gasteiger partial charge in [-0.05, 0) is 93.3 Å². The van der Waals surface area contributed by atoms with Gasteiger partial charge in [0.25, 0.3) is 5.91 Å². The molecular weight excluding hydrogens is 747 g/mol. The maximum absolute atomic E-state index is 15.2. The molecule has 0 radical (unpaired) electrons. The van der Waals surface area contributed by atoms with Crippen LogP contribution in [0.2, 0.25) is 0 Å². The van der Waals surface area contributed by atoms with Crippen LogP contribution in [0.15, 0.2) is 53.7 Å². The van der Waals surface area contributed by atoms with E-state index in [0.717, 1.165) is 54.9 Å². The van der Waals surface area contributed by atoms with Crippen LogP contribution in [0, 0.1) is 30.4 Å². The van der Waals surface area contributed by atoms with Gasteiger partial charge in [0.05, 0.1) is 41.4 Å². The predicted octanol–water partition coefficient (Wildman–Crippen LogP) is 5.11. The summed E-state index contributed by atoms with van der Waals surface area (Å²) in [6.07, 6.45) is 5.45. The third kappa shape index (κ3) is 7.60. The van der Waals surface area contributed by atoms with Gasteiger partial charge in [-0.25, -0.2) is 13.5 Å². The Morgan fingerprint density at radius 2 is 1.76 bits per heavy atom. The Balaban J connectivity index is 0.821. The fraction of sp³-hybridized carbons (Fsp3) is 0.429. The lowest BCUT2D eigenvalue weighted by atomic mass is 9.89. The second-order valence-corrected chi connectivity index (χ2v) is 15.9. The Bertz CT molecular complexity index is 2300. The highest BCUT2D eigenvalue weighted by molar-refractivity contribution is 6.19. The van der Waals surface area contributed by atoms with Crippen LogP contribution in [0.5, 0.6) is 5.88 Å². The van der Waals surface area contributed by atoms with Crippen LogP contribution in [-0.2, 0) is 16.6 Å². The lowest BCUT2D eigenvalue weighted by Gasteiger charge is -2.34. The van der Waals surface area contributed by atoms with Gasteiger partial charge in [-0.1, -0.05) is 0 Å². The van der Waals surface area contributed by atoms with Crippen LogP contribution in [0.3, 0.4) is 0 Å². The van der Waals surface area contributed by atoms with Crippen LogP contribution in [0.25, 0.3) is 11.3 Å². The first kappa shape index (κ1) is 37.7. The van der Waals surface area contributed by atoms with Crippen LogP contribution in [0.4, 0.5) is 31.5 Å². The number of benzene rings is 2. The number of halogens is 2. The quantitative estimate of drug-likeness (QED) is 0.146. The molecular formula is C42H46F2N10O4. The molecule has 9 rings (SSSR count). The summed E-state index contributed by atoms with van der Waals surface area (Å²) < 4.78 is 38.3. The Hall–Kier alpha value is -5.90. The van der Waals surface area contributed by atoms with Gasteiger partial charge in [-0.2, -0.15) is 10.1 Å². The SMILES string of the molecule is Cc1cc2cc(n1)-c1cnn(C)c1OCC[C@@H]1C[C@H]1CN1/C(=N/C2=O)Nc2ccc(NCCNC3CCN(c4cc(F)c([C@H]5CCC(=O)NC5=O)c(F)c4)CC3)cc21. The third-order valence-electron chi connectivity index (χ3n) is 12.0. The number of anilines is 4. The van der Waals surface area contributed by atoms with E-state index in [4.69, 9.17) is 9.72 Å². The van der Waals surface area contributed by atoms with Gasteiger partial charge in [-0.3, -0.25) is 24.7 Å². The number of nitrogens with zero attached hydrogens (tertiary/aromatic N) is 6. The molecule has 2 aromatic heterocycles. The molecule has 2 bridgehead atoms. The summed E-state index contributed by atoms with van der Waals surface area (Å²) in [5, 5.41) is 17.2. The number of aromatic nitrogens is 3. The number of rotatable bonds is 7. The zero-order valence-corrected chi connectivity index (χ0v) is 32.5. The molecule has 5 aliphatic rings. The zero-order chi connectivity index (χ0) is 40.1. The highest BCUT2D eigenvalue weighted by atomic mass is 19.1. The number of pyridine rings is 1. The molecule has 3 fully saturated rings. The monoisotopic (exact) mass is 792 g/mol. The number of fused-ring (bicyclic) bond motifs is 8. The van der Waals surface area contributed by atoms with E-state index in [1.165, 1.54) is 12.1 Å². The maximum Gasteiger partial charge on any atom is 0.280 e. The van der Waals surface area contributed by atoms with Crippen molar-refractivity contribution in [1.82, 2.24) is 25.4 Å². The van der Waals surface area contributed by atoms with Crippen molar-refractivity contribution in [1.29, 1.82) is 0 Å². The van der Waals surface area contributed by atoms with E-state index in [1.807, 2.05) is 31.0 Å². The first-order valence-electron chi connectivity index (χ1n) is 20.1. The van der Waals surface area contributed by atoms with Gasteiger partial charge in [0.1, 0.15) is 11.6 Å². The average molecular weight is 793 g/mol. The van der Waals surface area contributed by atoms with Crippen molar-refractivity contribution < 1.29 is 27.9 Å². The van der Waals surface area contributed by atoms with Gasteiger partial charge in [0.15, 0.2) is 0 Å². The van der Waals surface area contributed by atoms with E-state index in [-0.39, 0.29) is 30.4 Å². The minimum Gasteiger partial charge on any atom is -0.477 e. The minimum atomic E-state index is -1.02. The summed E-state index contributed by atoms with van der Waals surface area (Å²) in [7, 11) is 1.84. The number of nitrogens with one attached hydrogen (secondary N) is 4. The van der Waals surface area contributed by atoms with Gasteiger partial charge in [-0.15, -0.1) is 0 Å². The molecule has 1 aliphatic carbocycles. The predicted molar refractivity (Wildman–Crippen MR) is 215 cm³/mol. The number of carbonyl (C=O) groups is 3. The summed E-state index contributed by atoms with van der Waals surface area (Å²) in [4.78, 5) is 50.9. The molecule has 6 heterocycles. The second-order valence-electron chi connectivity index (χ2n) is 15.9. The lowest BCUT2D eigenvalue weighted by molar-refractivity contribution is -0.134. The van der Waals surface area contributed by atoms with E-state index in [2.05, 4.69) is 42.3 Å². The Morgan fingerprint density at radius 1 is 0.948 bits per heavy atom. The topological polar surface area (TPSA) is 158 Å². The van der Waals surface area contributed by atoms with Crippen molar-refractivity contribution in [3.63, 3.8) is 0 Å². The van der Waals surface area contributed by atoms with E-state index in [9.17, 15) is 14.4 Å². The minimum absolute atomic E-state index is 0.0528. The molecule has 16 heteroatoms. The van der Waals surface area contributed by atoms with E-state index < -0.39 is 29.4 Å². The molecule has 0 unspecified atom stereocenters. The normalized spacial score (nSPS) is 22.9. The fourth-order valence-electron chi connectivity index (χ4n) is 8.72. The summed E-state index contributed by atoms with van der Waals surface area (Å²) in [5.74, 6) is -1.92. The van der Waals surface area contributed by atoms with Crippen LogP contribution >= 0.6 is 0 Å². The maximum atomic E-state index is 15.2. The fourth-order valence-corrected chi connectivity index (χ4v) is 8.72. The number of hydrogen-bond acceptors (Lipinski definition) is 11. The molecule has 3 amide bonds. The molecule has 58 heavy (non-hydrogen) atoms. The van der Waals surface area contributed by atoms with Crippen LogP contribution in [0.1, 0.15) is 66.1 Å². The van der Waals surface area contributed by atoms with Gasteiger partial charge >= 0.3 is 0 Å². The third-order valence-corrected chi connectivity index (χ3v) is 12.0. The van der Waals surface area contributed by atoms with Crippen molar-refractivity contribution >= 4 is 46.4 Å². The summed E-state index contributed by atoms with van der Waals surface area (Å²) >= 11 is 0. The lowest BCUT2D eigenvalue weighted by Crippen LogP contribution is -2.44. The molecule has 302 valence electrons. The molecule has 1 saturated carbocycles. The van der Waals surface area contributed by atoms with Crippen molar-refractivity contribution in [3.8, 4) is 17.1 Å². The average Bonchev–Trinajstić information content (AvgIpc) is 3.71. The number of ether oxygens (including phenoxy) is 1. The smallest absolute Gasteiger partial charge is 0.280 e. The standard InChI is InChI=1S/C42H46F2N10O4/c1-23-15-25-17-35(48-23)31-21-47-52(2)41(31)58-14-9-24-16-26(24)22-54-36-18-28(3-5-34(36)49-42(54)51-39(25)56)46-11-10-45-27-7-12-53(13-8-27)29-19-32(43)38(33(44)20-29)30-4-6-37(55)50-40(30)57/h3,5,15,17-21,24,26-27,30,45-46H,4,6-14,16,22H2,1-2H3,(H,49,51,56)(H,50,55,57)/t24-,26+,30-/m1/s1. The van der Waals surface area contributed by atoms with Crippen molar-refractivity contribution in [2.45, 2.75) is 57.4 Å². The zero-order valence-electron chi connectivity index (χ0n) is 32.5. The number of imide groups is 1. The van der Waals surface area contributed by atoms with E-state index in [1.54, 1.807) is 23.0 Å².